The molecule has 1 unspecified atom stereocenters. The van der Waals surface area contributed by atoms with Gasteiger partial charge in [0, 0.05) is 13.6 Å². The maximum absolute atomic E-state index is 12.1. The van der Waals surface area contributed by atoms with Crippen LogP contribution in [0.2, 0.25) is 0 Å². The second kappa shape index (κ2) is 5.65. The molecule has 1 amide bonds. The van der Waals surface area contributed by atoms with Crippen molar-refractivity contribution in [2.24, 2.45) is 5.84 Å². The van der Waals surface area contributed by atoms with Gasteiger partial charge in [0.1, 0.15) is 0 Å². The van der Waals surface area contributed by atoms with Crippen molar-refractivity contribution in [1.82, 2.24) is 4.90 Å². The third kappa shape index (κ3) is 3.44. The quantitative estimate of drug-likeness (QED) is 0.533. The van der Waals surface area contributed by atoms with E-state index in [2.05, 4.69) is 5.43 Å². The molecule has 1 aromatic carbocycles. The molecule has 0 heterocycles. The molecule has 0 saturated carbocycles. The number of nitrogens with one attached hydrogen (secondary N) is 1. The van der Waals surface area contributed by atoms with Crippen LogP contribution in [0.25, 0.3) is 0 Å². The first kappa shape index (κ1) is 13.5. The minimum atomic E-state index is -0.552. The summed E-state index contributed by atoms with van der Waals surface area (Å²) in [5, 5.41) is 9.25. The summed E-state index contributed by atoms with van der Waals surface area (Å²) < 4.78 is 0. The van der Waals surface area contributed by atoms with Crippen LogP contribution in [-0.2, 0) is 0 Å². The molecular formula is C12H19N3O2. The number of aryl methyl sites for hydroxylation is 1. The van der Waals surface area contributed by atoms with Crippen LogP contribution in [0.4, 0.5) is 5.69 Å². The third-order valence-corrected chi connectivity index (χ3v) is 2.45. The van der Waals surface area contributed by atoms with Crippen molar-refractivity contribution in [2.75, 3.05) is 19.0 Å². The zero-order chi connectivity index (χ0) is 13.0. The Labute approximate surface area is 101 Å². The van der Waals surface area contributed by atoms with Gasteiger partial charge in [0.25, 0.3) is 5.91 Å². The van der Waals surface area contributed by atoms with Crippen LogP contribution in [0.1, 0.15) is 22.8 Å². The van der Waals surface area contributed by atoms with Crippen molar-refractivity contribution in [2.45, 2.75) is 20.0 Å². The summed E-state index contributed by atoms with van der Waals surface area (Å²) >= 11 is 0. The lowest BCUT2D eigenvalue weighted by Gasteiger charge is -2.20. The van der Waals surface area contributed by atoms with Crippen molar-refractivity contribution in [3.63, 3.8) is 0 Å². The summed E-state index contributed by atoms with van der Waals surface area (Å²) in [5.41, 5.74) is 4.63. The molecule has 4 N–H and O–H groups in total. The van der Waals surface area contributed by atoms with E-state index in [4.69, 9.17) is 5.84 Å². The number of hydrogen-bond donors (Lipinski definition) is 3. The van der Waals surface area contributed by atoms with Gasteiger partial charge in [-0.05, 0) is 31.5 Å². The fourth-order valence-corrected chi connectivity index (χ4v) is 1.65. The number of carbonyl (C=O) groups is 1. The van der Waals surface area contributed by atoms with Gasteiger partial charge in [-0.15, -0.1) is 0 Å². The van der Waals surface area contributed by atoms with Crippen LogP contribution in [0.3, 0.4) is 0 Å². The van der Waals surface area contributed by atoms with Crippen LogP contribution in [-0.4, -0.2) is 35.6 Å². The van der Waals surface area contributed by atoms with Gasteiger partial charge >= 0.3 is 0 Å². The van der Waals surface area contributed by atoms with E-state index in [0.717, 1.165) is 5.56 Å². The lowest BCUT2D eigenvalue weighted by atomic mass is 10.1. The zero-order valence-electron chi connectivity index (χ0n) is 10.4. The van der Waals surface area contributed by atoms with E-state index < -0.39 is 6.10 Å². The number of likely N-dealkylation sites (N-methyl/N-ethyl adjacent to an activating group) is 1. The van der Waals surface area contributed by atoms with E-state index in [1.165, 1.54) is 4.90 Å². The molecule has 0 aromatic heterocycles. The second-order valence-corrected chi connectivity index (χ2v) is 4.23. The number of carbonyl (C=O) groups excluding carboxylic acids is 1. The van der Waals surface area contributed by atoms with E-state index in [1.54, 1.807) is 20.0 Å². The number of hydrogen-bond acceptors (Lipinski definition) is 4. The van der Waals surface area contributed by atoms with E-state index >= 15 is 0 Å². The Kier molecular flexibility index (Phi) is 4.48. The fraction of sp³-hybridized carbons (Fsp3) is 0.417. The number of benzene rings is 1. The molecule has 0 aliphatic heterocycles. The van der Waals surface area contributed by atoms with Crippen LogP contribution >= 0.6 is 0 Å². The molecule has 0 spiro atoms. The number of aliphatic hydroxyl groups excluding tert-OH is 1. The molecule has 0 radical (unpaired) electrons. The van der Waals surface area contributed by atoms with Crippen molar-refractivity contribution in [1.29, 1.82) is 0 Å². The maximum atomic E-state index is 12.1. The highest BCUT2D eigenvalue weighted by Crippen LogP contribution is 2.18. The van der Waals surface area contributed by atoms with Crippen molar-refractivity contribution >= 4 is 11.6 Å². The minimum Gasteiger partial charge on any atom is -0.392 e. The average Bonchev–Trinajstić information content (AvgIpc) is 2.27. The van der Waals surface area contributed by atoms with Gasteiger partial charge in [-0.25, -0.2) is 0 Å². The number of amides is 1. The fourth-order valence-electron chi connectivity index (χ4n) is 1.65. The number of nitrogens with two attached hydrogens (primary N) is 1. The minimum absolute atomic E-state index is 0.168. The molecule has 94 valence electrons. The van der Waals surface area contributed by atoms with Crippen molar-refractivity contribution < 1.29 is 9.90 Å². The monoisotopic (exact) mass is 237 g/mol. The Balaban J connectivity index is 2.95. The van der Waals surface area contributed by atoms with E-state index in [9.17, 15) is 9.90 Å². The second-order valence-electron chi connectivity index (χ2n) is 4.23. The molecule has 1 rings (SSSR count). The van der Waals surface area contributed by atoms with Gasteiger partial charge in [0.05, 0.1) is 17.4 Å². The molecular weight excluding hydrogens is 218 g/mol. The predicted octanol–water partition coefficient (Wildman–Crippen LogP) is 0.733. The Hall–Kier alpha value is -1.59. The summed E-state index contributed by atoms with van der Waals surface area (Å²) in [5.74, 6) is 5.22. The highest BCUT2D eigenvalue weighted by molar-refractivity contribution is 5.99. The summed E-state index contributed by atoms with van der Waals surface area (Å²) in [4.78, 5) is 13.6. The number of anilines is 1. The molecule has 0 saturated heterocycles. The summed E-state index contributed by atoms with van der Waals surface area (Å²) in [6.07, 6.45) is -0.552. The average molecular weight is 237 g/mol. The van der Waals surface area contributed by atoms with Crippen LogP contribution in [0, 0.1) is 6.92 Å². The van der Waals surface area contributed by atoms with E-state index in [0.29, 0.717) is 11.3 Å². The van der Waals surface area contributed by atoms with Crippen molar-refractivity contribution in [3.05, 3.63) is 29.3 Å². The summed E-state index contributed by atoms with van der Waals surface area (Å²) in [6.45, 7) is 3.85. The number of hydrazine groups is 1. The Morgan fingerprint density at radius 3 is 2.76 bits per heavy atom. The van der Waals surface area contributed by atoms with E-state index in [-0.39, 0.29) is 12.5 Å². The number of nitrogens with zero attached hydrogens (tertiary/aromatic N) is 1. The van der Waals surface area contributed by atoms with Crippen LogP contribution in [0.5, 0.6) is 0 Å². The zero-order valence-corrected chi connectivity index (χ0v) is 10.4. The lowest BCUT2D eigenvalue weighted by Crippen LogP contribution is -2.33. The Morgan fingerprint density at radius 2 is 2.24 bits per heavy atom. The highest BCUT2D eigenvalue weighted by Gasteiger charge is 2.16. The first-order valence-corrected chi connectivity index (χ1v) is 5.46. The predicted molar refractivity (Wildman–Crippen MR) is 67.6 cm³/mol. The topological polar surface area (TPSA) is 78.6 Å². The Bertz CT molecular complexity index is 405. The molecule has 0 aliphatic rings. The van der Waals surface area contributed by atoms with Crippen LogP contribution < -0.4 is 11.3 Å². The summed E-state index contributed by atoms with van der Waals surface area (Å²) in [7, 11) is 1.65. The summed E-state index contributed by atoms with van der Waals surface area (Å²) in [6, 6.07) is 5.39. The molecule has 17 heavy (non-hydrogen) atoms. The number of rotatable bonds is 4. The van der Waals surface area contributed by atoms with Gasteiger partial charge in [-0.1, -0.05) is 6.07 Å². The van der Waals surface area contributed by atoms with Gasteiger partial charge in [0.2, 0.25) is 0 Å². The SMILES string of the molecule is Cc1ccc(C(=O)N(C)CC(C)O)c(NN)c1. The molecule has 1 aromatic rings. The first-order valence-electron chi connectivity index (χ1n) is 5.46. The Morgan fingerprint density at radius 1 is 1.59 bits per heavy atom. The van der Waals surface area contributed by atoms with E-state index in [1.807, 2.05) is 19.1 Å². The molecule has 0 fully saturated rings. The molecule has 0 aliphatic carbocycles. The maximum Gasteiger partial charge on any atom is 0.255 e. The van der Waals surface area contributed by atoms with Crippen molar-refractivity contribution in [3.8, 4) is 0 Å². The molecule has 0 bridgehead atoms. The van der Waals surface area contributed by atoms with Gasteiger partial charge in [0.15, 0.2) is 0 Å². The molecule has 5 heteroatoms. The number of aliphatic hydroxyl groups is 1. The normalized spacial score (nSPS) is 12.1. The van der Waals surface area contributed by atoms with Gasteiger partial charge in [-0.3, -0.25) is 10.6 Å². The molecule has 5 nitrogen and oxygen atoms in total. The highest BCUT2D eigenvalue weighted by atomic mass is 16.3. The van der Waals surface area contributed by atoms with Crippen LogP contribution in [0.15, 0.2) is 18.2 Å². The van der Waals surface area contributed by atoms with Gasteiger partial charge in [-0.2, -0.15) is 0 Å². The molecule has 1 atom stereocenters. The van der Waals surface area contributed by atoms with Gasteiger partial charge < -0.3 is 15.4 Å². The standard InChI is InChI=1S/C12H19N3O2/c1-8-4-5-10(11(6-8)14-13)12(17)15(3)7-9(2)16/h4-6,9,14,16H,7,13H2,1-3H3. The smallest absolute Gasteiger partial charge is 0.255 e. The number of nitrogen functional groups attached to an aromatic ring is 1. The first-order chi connectivity index (χ1) is 7.95. The lowest BCUT2D eigenvalue weighted by molar-refractivity contribution is 0.0704. The third-order valence-electron chi connectivity index (χ3n) is 2.45. The largest absolute Gasteiger partial charge is 0.392 e.